The van der Waals surface area contributed by atoms with E-state index in [9.17, 15) is 4.79 Å². The Bertz CT molecular complexity index is 358. The zero-order valence-corrected chi connectivity index (χ0v) is 14.8. The molecule has 2 fully saturated rings. The Morgan fingerprint density at radius 3 is 2.52 bits per heavy atom. The van der Waals surface area contributed by atoms with Crippen LogP contribution in [0.25, 0.3) is 0 Å². The zero-order valence-electron chi connectivity index (χ0n) is 13.9. The fraction of sp³-hybridized carbons (Fsp3) is 0.941. The second-order valence-electron chi connectivity index (χ2n) is 7.98. The Morgan fingerprint density at radius 1 is 1.29 bits per heavy atom. The minimum atomic E-state index is 0.165. The van der Waals surface area contributed by atoms with Gasteiger partial charge in [-0.15, -0.1) is 0 Å². The fourth-order valence-electron chi connectivity index (χ4n) is 3.65. The van der Waals surface area contributed by atoms with Crippen LogP contribution >= 0.6 is 12.6 Å². The Kier molecular flexibility index (Phi) is 5.64. The van der Waals surface area contributed by atoms with Crippen LogP contribution in [0.5, 0.6) is 0 Å². The van der Waals surface area contributed by atoms with Crippen molar-refractivity contribution in [2.75, 3.05) is 32.1 Å². The fourth-order valence-corrected chi connectivity index (χ4v) is 4.06. The maximum atomic E-state index is 12.5. The molecule has 0 aromatic heterocycles. The van der Waals surface area contributed by atoms with Crippen LogP contribution in [0.2, 0.25) is 0 Å². The number of hydrogen-bond donors (Lipinski definition) is 1. The topological polar surface area (TPSA) is 29.5 Å². The molecule has 0 N–H and O–H groups in total. The number of carbonyl (C=O) groups is 1. The van der Waals surface area contributed by atoms with E-state index >= 15 is 0 Å². The van der Waals surface area contributed by atoms with Gasteiger partial charge in [0.1, 0.15) is 0 Å². The van der Waals surface area contributed by atoms with Gasteiger partial charge in [0.05, 0.1) is 0 Å². The van der Waals surface area contributed by atoms with Gasteiger partial charge in [0, 0.05) is 38.1 Å². The van der Waals surface area contributed by atoms with E-state index in [1.807, 2.05) is 0 Å². The molecule has 1 unspecified atom stereocenters. The van der Waals surface area contributed by atoms with E-state index in [0.717, 1.165) is 57.7 Å². The second-order valence-corrected chi connectivity index (χ2v) is 8.29. The predicted molar refractivity (Wildman–Crippen MR) is 89.7 cm³/mol. The van der Waals surface area contributed by atoms with Gasteiger partial charge in [-0.05, 0) is 42.8 Å². The van der Waals surface area contributed by atoms with Gasteiger partial charge in [0.2, 0.25) is 5.91 Å². The van der Waals surface area contributed by atoms with E-state index < -0.39 is 0 Å². The number of amides is 1. The van der Waals surface area contributed by atoms with Gasteiger partial charge in [-0.25, -0.2) is 0 Å². The number of hydrogen-bond acceptors (Lipinski definition) is 3. The van der Waals surface area contributed by atoms with E-state index in [0.29, 0.717) is 23.7 Å². The van der Waals surface area contributed by atoms with Crippen molar-refractivity contribution in [3.8, 4) is 0 Å². The average Bonchev–Trinajstić information content (AvgIpc) is 2.62. The molecule has 0 aromatic carbocycles. The Hall–Kier alpha value is -0.220. The molecule has 1 atom stereocenters. The minimum Gasteiger partial charge on any atom is -0.381 e. The molecule has 122 valence electrons. The van der Waals surface area contributed by atoms with Crippen LogP contribution in [-0.2, 0) is 9.53 Å². The number of thiol groups is 1. The molecule has 3 nitrogen and oxygen atoms in total. The second kappa shape index (κ2) is 6.91. The highest BCUT2D eigenvalue weighted by atomic mass is 32.1. The Morgan fingerprint density at radius 2 is 1.95 bits per heavy atom. The first-order chi connectivity index (χ1) is 9.86. The lowest BCUT2D eigenvalue weighted by Gasteiger charge is -2.40. The third-order valence-electron chi connectivity index (χ3n) is 5.45. The summed E-state index contributed by atoms with van der Waals surface area (Å²) < 4.78 is 5.49. The van der Waals surface area contributed by atoms with Crippen LogP contribution in [0.15, 0.2) is 0 Å². The molecule has 0 radical (unpaired) electrons. The molecule has 2 saturated heterocycles. The summed E-state index contributed by atoms with van der Waals surface area (Å²) in [6.45, 7) is 10.3. The first kappa shape index (κ1) is 17.1. The normalized spacial score (nSPS) is 27.5. The van der Waals surface area contributed by atoms with Crippen molar-refractivity contribution in [3.05, 3.63) is 0 Å². The monoisotopic (exact) mass is 313 g/mol. The maximum absolute atomic E-state index is 12.5. The molecule has 0 spiro atoms. The predicted octanol–water partition coefficient (Wildman–Crippen LogP) is 3.39. The van der Waals surface area contributed by atoms with Crippen LogP contribution in [0.3, 0.4) is 0 Å². The largest absolute Gasteiger partial charge is 0.381 e. The summed E-state index contributed by atoms with van der Waals surface area (Å²) in [6.07, 6.45) is 4.94. The Balaban J connectivity index is 2.00. The number of rotatable bonds is 3. The van der Waals surface area contributed by atoms with E-state index in [2.05, 4.69) is 38.3 Å². The average molecular weight is 314 g/mol. The third-order valence-corrected chi connectivity index (χ3v) is 6.12. The quantitative estimate of drug-likeness (QED) is 0.809. The molecule has 0 bridgehead atoms. The number of nitrogens with zero attached hydrogens (tertiary/aromatic N) is 1. The van der Waals surface area contributed by atoms with Crippen molar-refractivity contribution in [1.29, 1.82) is 0 Å². The van der Waals surface area contributed by atoms with E-state index in [1.165, 1.54) is 0 Å². The summed E-state index contributed by atoms with van der Waals surface area (Å²) in [7, 11) is 0. The van der Waals surface area contributed by atoms with Crippen LogP contribution in [-0.4, -0.2) is 42.9 Å². The summed E-state index contributed by atoms with van der Waals surface area (Å²) in [5, 5.41) is 0. The van der Waals surface area contributed by atoms with E-state index in [4.69, 9.17) is 4.74 Å². The highest BCUT2D eigenvalue weighted by molar-refractivity contribution is 7.80. The highest BCUT2D eigenvalue weighted by Gasteiger charge is 2.36. The summed E-state index contributed by atoms with van der Waals surface area (Å²) >= 11 is 4.58. The molecule has 1 amide bonds. The lowest BCUT2D eigenvalue weighted by Crippen LogP contribution is -2.45. The van der Waals surface area contributed by atoms with Gasteiger partial charge in [0.15, 0.2) is 0 Å². The molecular formula is C17H31NO2S. The first-order valence-electron chi connectivity index (χ1n) is 8.33. The van der Waals surface area contributed by atoms with Gasteiger partial charge in [-0.3, -0.25) is 4.79 Å². The van der Waals surface area contributed by atoms with Gasteiger partial charge in [-0.2, -0.15) is 12.6 Å². The van der Waals surface area contributed by atoms with Crippen LogP contribution in [0, 0.1) is 16.7 Å². The van der Waals surface area contributed by atoms with Gasteiger partial charge in [0.25, 0.3) is 0 Å². The van der Waals surface area contributed by atoms with E-state index in [-0.39, 0.29) is 5.41 Å². The summed E-state index contributed by atoms with van der Waals surface area (Å²) in [5.74, 6) is 1.84. The SMILES string of the molecule is CC(C)(C)C1CCC(=O)N(CC2(CS)CCOCC2)CC1. The van der Waals surface area contributed by atoms with Crippen molar-refractivity contribution in [2.45, 2.75) is 52.9 Å². The molecule has 21 heavy (non-hydrogen) atoms. The molecule has 0 aromatic rings. The third kappa shape index (κ3) is 4.38. The highest BCUT2D eigenvalue weighted by Crippen LogP contribution is 2.37. The van der Waals surface area contributed by atoms with Crippen LogP contribution < -0.4 is 0 Å². The van der Waals surface area contributed by atoms with Gasteiger partial charge < -0.3 is 9.64 Å². The molecule has 4 heteroatoms. The molecule has 2 aliphatic heterocycles. The molecule has 2 heterocycles. The van der Waals surface area contributed by atoms with Gasteiger partial charge in [-0.1, -0.05) is 20.8 Å². The summed E-state index contributed by atoms with van der Waals surface area (Å²) in [4.78, 5) is 14.6. The Labute approximate surface area is 135 Å². The molecule has 0 saturated carbocycles. The standard InChI is InChI=1S/C17H31NO2S/c1-16(2,3)14-4-5-15(19)18(9-6-14)12-17(13-21)7-10-20-11-8-17/h14,21H,4-13H2,1-3H3. The molecular weight excluding hydrogens is 282 g/mol. The molecule has 2 aliphatic rings. The number of likely N-dealkylation sites (tertiary alicyclic amines) is 1. The lowest BCUT2D eigenvalue weighted by atomic mass is 9.76. The van der Waals surface area contributed by atoms with Crippen molar-refractivity contribution < 1.29 is 9.53 Å². The van der Waals surface area contributed by atoms with Crippen molar-refractivity contribution in [3.63, 3.8) is 0 Å². The van der Waals surface area contributed by atoms with Gasteiger partial charge >= 0.3 is 0 Å². The molecule has 2 rings (SSSR count). The first-order valence-corrected chi connectivity index (χ1v) is 8.96. The summed E-state index contributed by atoms with van der Waals surface area (Å²) in [5.41, 5.74) is 0.467. The smallest absolute Gasteiger partial charge is 0.222 e. The summed E-state index contributed by atoms with van der Waals surface area (Å²) in [6, 6.07) is 0. The number of carbonyl (C=O) groups excluding carboxylic acids is 1. The lowest BCUT2D eigenvalue weighted by molar-refractivity contribution is -0.133. The molecule has 0 aliphatic carbocycles. The zero-order chi connectivity index (χ0) is 15.5. The maximum Gasteiger partial charge on any atom is 0.222 e. The van der Waals surface area contributed by atoms with Crippen LogP contribution in [0.4, 0.5) is 0 Å². The van der Waals surface area contributed by atoms with Crippen molar-refractivity contribution in [1.82, 2.24) is 4.90 Å². The van der Waals surface area contributed by atoms with Crippen LogP contribution in [0.1, 0.15) is 52.9 Å². The van der Waals surface area contributed by atoms with E-state index in [1.54, 1.807) is 0 Å². The minimum absolute atomic E-state index is 0.165. The number of ether oxygens (including phenoxy) is 1. The van der Waals surface area contributed by atoms with Crippen molar-refractivity contribution in [2.24, 2.45) is 16.7 Å². The van der Waals surface area contributed by atoms with Crippen molar-refractivity contribution >= 4 is 18.5 Å².